The molecule has 1 aliphatic carbocycles. The number of rotatable bonds is 3. The van der Waals surface area contributed by atoms with E-state index in [0.717, 1.165) is 12.1 Å². The van der Waals surface area contributed by atoms with Gasteiger partial charge in [0.2, 0.25) is 5.60 Å². The predicted molar refractivity (Wildman–Crippen MR) is 89.2 cm³/mol. The van der Waals surface area contributed by atoms with Crippen LogP contribution in [0.5, 0.6) is 0 Å². The smallest absolute Gasteiger partial charge is 0.394 e. The molecule has 0 bridgehead atoms. The molecule has 0 aliphatic heterocycles. The molecule has 3 aromatic rings. The van der Waals surface area contributed by atoms with Gasteiger partial charge in [-0.2, -0.15) is 18.3 Å². The lowest BCUT2D eigenvalue weighted by molar-refractivity contribution is -0.246. The first-order valence-corrected chi connectivity index (χ1v) is 8.14. The van der Waals surface area contributed by atoms with Crippen LogP contribution in [0.25, 0.3) is 22.3 Å². The summed E-state index contributed by atoms with van der Waals surface area (Å²) in [4.78, 5) is 0. The minimum atomic E-state index is -5.03. The van der Waals surface area contributed by atoms with Crippen molar-refractivity contribution in [2.45, 2.75) is 18.3 Å². The number of alkyl halides is 3. The highest BCUT2D eigenvalue weighted by molar-refractivity contribution is 5.92. The average molecular weight is 378 g/mol. The molecule has 4 nitrogen and oxygen atoms in total. The molecule has 2 aromatic carbocycles. The maximum Gasteiger partial charge on any atom is 0.425 e. The molecule has 0 saturated carbocycles. The number of aliphatic hydroxyl groups excluding tert-OH is 1. The van der Waals surface area contributed by atoms with Crippen LogP contribution >= 0.6 is 0 Å². The molecule has 8 heteroatoms. The summed E-state index contributed by atoms with van der Waals surface area (Å²) in [5.41, 5.74) is -3.27. The summed E-state index contributed by atoms with van der Waals surface area (Å²) in [6, 6.07) is 7.48. The standard InChI is InChI=1S/C19H14F4N2O2/c20-12-7-14(11-9-24-25(10-11)5-6-26)17-13-3-1-2-4-15(13)18(27,16(17)8-12)19(21,22)23/h1-4,7-10,26-27H,5-6H2/t18-/m1/s1. The van der Waals surface area contributed by atoms with E-state index in [1.165, 1.54) is 35.3 Å². The Morgan fingerprint density at radius 2 is 1.81 bits per heavy atom. The molecule has 1 atom stereocenters. The second-order valence-electron chi connectivity index (χ2n) is 6.35. The molecule has 0 amide bonds. The van der Waals surface area contributed by atoms with E-state index in [2.05, 4.69) is 5.10 Å². The van der Waals surface area contributed by atoms with Crippen molar-refractivity contribution in [3.05, 3.63) is 65.7 Å². The van der Waals surface area contributed by atoms with Crippen molar-refractivity contribution in [3.63, 3.8) is 0 Å². The van der Waals surface area contributed by atoms with E-state index in [1.54, 1.807) is 6.07 Å². The van der Waals surface area contributed by atoms with Crippen molar-refractivity contribution < 1.29 is 27.8 Å². The highest BCUT2D eigenvalue weighted by atomic mass is 19.4. The van der Waals surface area contributed by atoms with Gasteiger partial charge in [-0.15, -0.1) is 0 Å². The van der Waals surface area contributed by atoms with Crippen molar-refractivity contribution in [2.24, 2.45) is 0 Å². The Kier molecular flexibility index (Phi) is 3.87. The maximum absolute atomic E-state index is 14.3. The first-order valence-electron chi connectivity index (χ1n) is 8.14. The summed E-state index contributed by atoms with van der Waals surface area (Å²) < 4.78 is 57.2. The summed E-state index contributed by atoms with van der Waals surface area (Å²) in [5.74, 6) is -0.894. The van der Waals surface area contributed by atoms with Crippen LogP contribution in [0.4, 0.5) is 17.6 Å². The largest absolute Gasteiger partial charge is 0.425 e. The van der Waals surface area contributed by atoms with Gasteiger partial charge in [0.25, 0.3) is 0 Å². The zero-order valence-electron chi connectivity index (χ0n) is 13.8. The van der Waals surface area contributed by atoms with Gasteiger partial charge in [-0.3, -0.25) is 4.68 Å². The molecule has 1 aromatic heterocycles. The Balaban J connectivity index is 2.04. The van der Waals surface area contributed by atoms with Crippen LogP contribution in [0.1, 0.15) is 11.1 Å². The Labute approximate surface area is 151 Å². The number of hydrogen-bond donors (Lipinski definition) is 2. The molecule has 140 valence electrons. The van der Waals surface area contributed by atoms with Crippen LogP contribution in [0.2, 0.25) is 0 Å². The normalized spacial score (nSPS) is 18.4. The number of nitrogens with zero attached hydrogens (tertiary/aromatic N) is 2. The van der Waals surface area contributed by atoms with E-state index < -0.39 is 23.2 Å². The van der Waals surface area contributed by atoms with Crippen molar-refractivity contribution >= 4 is 0 Å². The van der Waals surface area contributed by atoms with Gasteiger partial charge in [0, 0.05) is 22.9 Å². The third-order valence-corrected chi connectivity index (χ3v) is 4.76. The van der Waals surface area contributed by atoms with Gasteiger partial charge in [0.15, 0.2) is 0 Å². The summed E-state index contributed by atoms with van der Waals surface area (Å²) >= 11 is 0. The molecule has 0 unspecified atom stereocenters. The van der Waals surface area contributed by atoms with Crippen molar-refractivity contribution in [3.8, 4) is 22.3 Å². The second-order valence-corrected chi connectivity index (χ2v) is 6.35. The summed E-state index contributed by atoms with van der Waals surface area (Å²) in [5, 5.41) is 23.7. The Bertz CT molecular complexity index is 1030. The number of halogens is 4. The molecular formula is C19H14F4N2O2. The van der Waals surface area contributed by atoms with Crippen LogP contribution in [0.15, 0.2) is 48.8 Å². The van der Waals surface area contributed by atoms with Crippen LogP contribution in [0, 0.1) is 5.82 Å². The van der Waals surface area contributed by atoms with Crippen LogP contribution < -0.4 is 0 Å². The van der Waals surface area contributed by atoms with E-state index in [4.69, 9.17) is 5.11 Å². The highest BCUT2D eigenvalue weighted by Gasteiger charge is 2.61. The quantitative estimate of drug-likeness (QED) is 0.687. The molecule has 1 aliphatic rings. The van der Waals surface area contributed by atoms with Crippen molar-refractivity contribution in [1.82, 2.24) is 9.78 Å². The van der Waals surface area contributed by atoms with Crippen LogP contribution in [0.3, 0.4) is 0 Å². The Morgan fingerprint density at radius 3 is 2.52 bits per heavy atom. The fourth-order valence-electron chi connectivity index (χ4n) is 3.60. The number of benzene rings is 2. The molecule has 0 spiro atoms. The molecule has 27 heavy (non-hydrogen) atoms. The highest BCUT2D eigenvalue weighted by Crippen LogP contribution is 2.57. The lowest BCUT2D eigenvalue weighted by Crippen LogP contribution is -2.41. The Morgan fingerprint density at radius 1 is 1.07 bits per heavy atom. The molecular weight excluding hydrogens is 364 g/mol. The van der Waals surface area contributed by atoms with Crippen LogP contribution in [-0.2, 0) is 12.1 Å². The lowest BCUT2D eigenvalue weighted by atomic mass is 9.89. The summed E-state index contributed by atoms with van der Waals surface area (Å²) in [6.07, 6.45) is -2.13. The zero-order chi connectivity index (χ0) is 19.4. The molecule has 0 radical (unpaired) electrons. The van der Waals surface area contributed by atoms with Gasteiger partial charge in [-0.05, 0) is 28.8 Å². The van der Waals surface area contributed by atoms with E-state index in [9.17, 15) is 22.7 Å². The first-order chi connectivity index (χ1) is 12.8. The van der Waals surface area contributed by atoms with Gasteiger partial charge < -0.3 is 10.2 Å². The van der Waals surface area contributed by atoms with Gasteiger partial charge in [0.05, 0.1) is 19.3 Å². The number of aromatic nitrogens is 2. The minimum absolute atomic E-state index is 0.121. The second kappa shape index (κ2) is 5.90. The topological polar surface area (TPSA) is 58.3 Å². The number of aliphatic hydroxyl groups is 2. The third-order valence-electron chi connectivity index (χ3n) is 4.76. The monoisotopic (exact) mass is 378 g/mol. The molecule has 0 saturated heterocycles. The fraction of sp³-hybridized carbons (Fsp3) is 0.211. The van der Waals surface area contributed by atoms with E-state index >= 15 is 0 Å². The lowest BCUT2D eigenvalue weighted by Gasteiger charge is -2.28. The maximum atomic E-state index is 14.3. The van der Waals surface area contributed by atoms with Gasteiger partial charge in [0.1, 0.15) is 5.82 Å². The van der Waals surface area contributed by atoms with Gasteiger partial charge in [-0.1, -0.05) is 24.3 Å². The van der Waals surface area contributed by atoms with Gasteiger partial charge >= 0.3 is 6.18 Å². The summed E-state index contributed by atoms with van der Waals surface area (Å²) in [6.45, 7) is 0.0274. The number of fused-ring (bicyclic) bond motifs is 3. The average Bonchev–Trinajstić information content (AvgIpc) is 3.17. The van der Waals surface area contributed by atoms with Gasteiger partial charge in [-0.25, -0.2) is 4.39 Å². The summed E-state index contributed by atoms with van der Waals surface area (Å²) in [7, 11) is 0. The van der Waals surface area contributed by atoms with Crippen LogP contribution in [-0.4, -0.2) is 32.8 Å². The minimum Gasteiger partial charge on any atom is -0.394 e. The zero-order valence-corrected chi connectivity index (χ0v) is 13.8. The van der Waals surface area contributed by atoms with E-state index in [0.29, 0.717) is 5.56 Å². The molecule has 2 N–H and O–H groups in total. The predicted octanol–water partition coefficient (Wildman–Crippen LogP) is 3.46. The molecule has 1 heterocycles. The third kappa shape index (κ3) is 2.48. The Hall–Kier alpha value is -2.71. The molecule has 4 rings (SSSR count). The van der Waals surface area contributed by atoms with Crippen molar-refractivity contribution in [1.29, 1.82) is 0 Å². The molecule has 0 fully saturated rings. The fourth-order valence-corrected chi connectivity index (χ4v) is 3.60. The van der Waals surface area contributed by atoms with Crippen molar-refractivity contribution in [2.75, 3.05) is 6.61 Å². The number of hydrogen-bond acceptors (Lipinski definition) is 3. The van der Waals surface area contributed by atoms with E-state index in [-0.39, 0.29) is 35.4 Å². The SMILES string of the molecule is OCCn1cc(-c2cc(F)cc3c2-c2ccccc2[C@]3(O)C(F)(F)F)cn1. The van der Waals surface area contributed by atoms with E-state index in [1.807, 2.05) is 0 Å². The first kappa shape index (κ1) is 17.7.